The van der Waals surface area contributed by atoms with Crippen molar-refractivity contribution in [3.05, 3.63) is 22.7 Å². The van der Waals surface area contributed by atoms with E-state index in [9.17, 15) is 4.39 Å². The molecule has 108 valence electrons. The molecule has 6 heteroatoms. The highest BCUT2D eigenvalue weighted by Crippen LogP contribution is 2.30. The van der Waals surface area contributed by atoms with Crippen LogP contribution in [0.3, 0.4) is 0 Å². The Morgan fingerprint density at radius 3 is 2.70 bits per heavy atom. The van der Waals surface area contributed by atoms with E-state index in [2.05, 4.69) is 21.5 Å². The number of methoxy groups -OCH3 is 1. The van der Waals surface area contributed by atoms with E-state index in [1.807, 2.05) is 0 Å². The third-order valence-corrected chi connectivity index (χ3v) is 4.34. The molecular weight excluding hydrogens is 277 g/mol. The first-order chi connectivity index (χ1) is 9.60. The molecule has 0 aliphatic carbocycles. The minimum Gasteiger partial charge on any atom is -0.494 e. The predicted octanol–water partition coefficient (Wildman–Crippen LogP) is 3.11. The molecule has 0 spiro atoms. The molecule has 0 bridgehead atoms. The third kappa shape index (κ3) is 2.23. The second-order valence-corrected chi connectivity index (χ2v) is 5.73. The van der Waals surface area contributed by atoms with E-state index in [1.165, 1.54) is 13.2 Å². The summed E-state index contributed by atoms with van der Waals surface area (Å²) in [4.78, 5) is 5.41. The summed E-state index contributed by atoms with van der Waals surface area (Å²) in [6, 6.07) is 3.55. The van der Waals surface area contributed by atoms with E-state index in [4.69, 9.17) is 17.0 Å². The van der Waals surface area contributed by atoms with Gasteiger partial charge in [0.15, 0.2) is 16.3 Å². The Balaban J connectivity index is 2.10. The lowest BCUT2D eigenvalue weighted by Crippen LogP contribution is -2.31. The Hall–Kier alpha value is -1.40. The maximum atomic E-state index is 13.8. The van der Waals surface area contributed by atoms with Gasteiger partial charge in [-0.3, -0.25) is 0 Å². The van der Waals surface area contributed by atoms with Crippen LogP contribution in [0.4, 0.5) is 4.39 Å². The van der Waals surface area contributed by atoms with Crippen molar-refractivity contribution >= 4 is 23.3 Å². The lowest BCUT2D eigenvalue weighted by molar-refractivity contribution is 0.223. The van der Waals surface area contributed by atoms with Gasteiger partial charge in [0, 0.05) is 18.2 Å². The molecule has 1 fully saturated rings. The summed E-state index contributed by atoms with van der Waals surface area (Å²) in [5.74, 6) is -0.111. The van der Waals surface area contributed by atoms with E-state index in [0.717, 1.165) is 37.0 Å². The second-order valence-electron chi connectivity index (χ2n) is 5.34. The SMILES string of the molecule is COc1cc2c(cc1F)[nH]c(=S)n2C1CCN(C)CC1. The fraction of sp³-hybridized carbons (Fsp3) is 0.500. The van der Waals surface area contributed by atoms with Gasteiger partial charge >= 0.3 is 0 Å². The van der Waals surface area contributed by atoms with Crippen LogP contribution in [0.2, 0.25) is 0 Å². The van der Waals surface area contributed by atoms with Crippen molar-refractivity contribution < 1.29 is 9.13 Å². The van der Waals surface area contributed by atoms with Crippen molar-refractivity contribution in [2.45, 2.75) is 18.9 Å². The summed E-state index contributed by atoms with van der Waals surface area (Å²) >= 11 is 5.42. The van der Waals surface area contributed by atoms with E-state index < -0.39 is 0 Å². The molecule has 0 radical (unpaired) electrons. The van der Waals surface area contributed by atoms with Gasteiger partial charge in [0.2, 0.25) is 0 Å². The molecule has 1 aliphatic rings. The number of H-pyrrole nitrogens is 1. The number of likely N-dealkylation sites (tertiary alicyclic amines) is 1. The number of benzene rings is 1. The van der Waals surface area contributed by atoms with Gasteiger partial charge in [-0.25, -0.2) is 4.39 Å². The number of nitrogens with one attached hydrogen (secondary N) is 1. The first-order valence-corrected chi connectivity index (χ1v) is 7.17. The van der Waals surface area contributed by atoms with Crippen LogP contribution in [0.5, 0.6) is 5.75 Å². The van der Waals surface area contributed by atoms with Crippen LogP contribution in [-0.2, 0) is 0 Å². The van der Waals surface area contributed by atoms with Crippen molar-refractivity contribution in [1.82, 2.24) is 14.5 Å². The van der Waals surface area contributed by atoms with Crippen molar-refractivity contribution in [2.75, 3.05) is 27.2 Å². The van der Waals surface area contributed by atoms with Crippen molar-refractivity contribution in [3.63, 3.8) is 0 Å². The maximum absolute atomic E-state index is 13.8. The van der Waals surface area contributed by atoms with Gasteiger partial charge in [0.25, 0.3) is 0 Å². The highest BCUT2D eigenvalue weighted by Gasteiger charge is 2.21. The molecule has 20 heavy (non-hydrogen) atoms. The molecular formula is C14H18FN3OS. The summed E-state index contributed by atoms with van der Waals surface area (Å²) in [7, 11) is 3.61. The van der Waals surface area contributed by atoms with E-state index in [0.29, 0.717) is 10.8 Å². The fourth-order valence-electron chi connectivity index (χ4n) is 2.90. The standard InChI is InChI=1S/C14H18FN3OS/c1-17-5-3-9(4-6-17)18-12-8-13(19-2)10(15)7-11(12)16-14(18)20/h7-9H,3-6H2,1-2H3,(H,16,20). The van der Waals surface area contributed by atoms with Crippen LogP contribution in [0.25, 0.3) is 11.0 Å². The number of hydrogen-bond acceptors (Lipinski definition) is 3. The van der Waals surface area contributed by atoms with Gasteiger partial charge in [-0.05, 0) is 45.2 Å². The molecule has 0 atom stereocenters. The van der Waals surface area contributed by atoms with Crippen LogP contribution in [0.15, 0.2) is 12.1 Å². The number of aromatic nitrogens is 2. The predicted molar refractivity (Wildman–Crippen MR) is 79.4 cm³/mol. The number of rotatable bonds is 2. The van der Waals surface area contributed by atoms with Gasteiger partial charge in [-0.15, -0.1) is 0 Å². The van der Waals surface area contributed by atoms with Crippen LogP contribution in [0.1, 0.15) is 18.9 Å². The van der Waals surface area contributed by atoms with Crippen molar-refractivity contribution in [1.29, 1.82) is 0 Å². The number of halogens is 1. The zero-order valence-corrected chi connectivity index (χ0v) is 12.5. The first kappa shape index (κ1) is 13.6. The monoisotopic (exact) mass is 295 g/mol. The normalized spacial score (nSPS) is 17.8. The Morgan fingerprint density at radius 2 is 2.05 bits per heavy atom. The molecule has 1 aliphatic heterocycles. The third-order valence-electron chi connectivity index (χ3n) is 4.04. The zero-order valence-electron chi connectivity index (χ0n) is 11.6. The number of aromatic amines is 1. The second kappa shape index (κ2) is 5.18. The van der Waals surface area contributed by atoms with Crippen LogP contribution in [-0.4, -0.2) is 41.7 Å². The average Bonchev–Trinajstić information content (AvgIpc) is 2.74. The van der Waals surface area contributed by atoms with E-state index >= 15 is 0 Å². The summed E-state index contributed by atoms with van der Waals surface area (Å²) in [5.41, 5.74) is 1.65. The van der Waals surface area contributed by atoms with Crippen LogP contribution >= 0.6 is 12.2 Å². The topological polar surface area (TPSA) is 33.2 Å². The Morgan fingerprint density at radius 1 is 1.35 bits per heavy atom. The van der Waals surface area contributed by atoms with Gasteiger partial charge in [-0.2, -0.15) is 0 Å². The van der Waals surface area contributed by atoms with Gasteiger partial charge < -0.3 is 19.2 Å². The maximum Gasteiger partial charge on any atom is 0.178 e. The quantitative estimate of drug-likeness (QED) is 0.864. The molecule has 1 aromatic heterocycles. The molecule has 0 amide bonds. The van der Waals surface area contributed by atoms with Crippen molar-refractivity contribution in [3.8, 4) is 5.75 Å². The molecule has 3 rings (SSSR count). The zero-order chi connectivity index (χ0) is 14.3. The van der Waals surface area contributed by atoms with Gasteiger partial charge in [0.1, 0.15) is 0 Å². The number of ether oxygens (including phenoxy) is 1. The summed E-state index contributed by atoms with van der Waals surface area (Å²) in [6.07, 6.45) is 2.11. The smallest absolute Gasteiger partial charge is 0.178 e. The van der Waals surface area contributed by atoms with Crippen LogP contribution < -0.4 is 4.74 Å². The summed E-state index contributed by atoms with van der Waals surface area (Å²) in [6.45, 7) is 2.11. The number of hydrogen-bond donors (Lipinski definition) is 1. The molecule has 0 saturated carbocycles. The Labute approximate surface area is 122 Å². The molecule has 4 nitrogen and oxygen atoms in total. The lowest BCUT2D eigenvalue weighted by Gasteiger charge is -2.30. The number of fused-ring (bicyclic) bond motifs is 1. The van der Waals surface area contributed by atoms with E-state index in [-0.39, 0.29) is 11.6 Å². The Bertz CT molecular complexity index is 686. The minimum absolute atomic E-state index is 0.258. The molecule has 1 aromatic carbocycles. The molecule has 1 N–H and O–H groups in total. The number of imidazole rings is 1. The van der Waals surface area contributed by atoms with Gasteiger partial charge in [0.05, 0.1) is 18.1 Å². The highest BCUT2D eigenvalue weighted by atomic mass is 32.1. The molecule has 1 saturated heterocycles. The van der Waals surface area contributed by atoms with Crippen LogP contribution in [0, 0.1) is 10.6 Å². The average molecular weight is 295 g/mol. The molecule has 0 unspecified atom stereocenters. The Kier molecular flexibility index (Phi) is 3.52. The van der Waals surface area contributed by atoms with E-state index in [1.54, 1.807) is 6.07 Å². The largest absolute Gasteiger partial charge is 0.494 e. The lowest BCUT2D eigenvalue weighted by atomic mass is 10.1. The van der Waals surface area contributed by atoms with Crippen molar-refractivity contribution in [2.24, 2.45) is 0 Å². The summed E-state index contributed by atoms with van der Waals surface area (Å²) in [5, 5.41) is 0. The summed E-state index contributed by atoms with van der Waals surface area (Å²) < 4.78 is 21.6. The molecule has 2 heterocycles. The fourth-order valence-corrected chi connectivity index (χ4v) is 3.26. The molecule has 2 aromatic rings. The minimum atomic E-state index is -0.369. The number of piperidine rings is 1. The van der Waals surface area contributed by atoms with Gasteiger partial charge in [-0.1, -0.05) is 0 Å². The number of nitrogens with zero attached hydrogens (tertiary/aromatic N) is 2. The highest BCUT2D eigenvalue weighted by molar-refractivity contribution is 7.71. The first-order valence-electron chi connectivity index (χ1n) is 6.76.